The van der Waals surface area contributed by atoms with Gasteiger partial charge >= 0.3 is 5.97 Å². The van der Waals surface area contributed by atoms with Crippen molar-refractivity contribution in [1.82, 2.24) is 14.9 Å². The van der Waals surface area contributed by atoms with E-state index in [0.717, 1.165) is 11.1 Å². The number of carbonyl (C=O) groups is 2. The molecule has 0 aliphatic carbocycles. The van der Waals surface area contributed by atoms with Crippen molar-refractivity contribution in [3.8, 4) is 0 Å². The van der Waals surface area contributed by atoms with Gasteiger partial charge < -0.3 is 10.0 Å². The van der Waals surface area contributed by atoms with Gasteiger partial charge in [0.2, 0.25) is 0 Å². The van der Waals surface area contributed by atoms with Crippen molar-refractivity contribution in [2.75, 3.05) is 6.54 Å². The molecule has 0 bridgehead atoms. The maximum absolute atomic E-state index is 12.7. The zero-order chi connectivity index (χ0) is 15.7. The molecule has 6 nitrogen and oxygen atoms in total. The molecule has 0 saturated heterocycles. The van der Waals surface area contributed by atoms with E-state index in [1.807, 2.05) is 24.3 Å². The Morgan fingerprint density at radius 3 is 2.82 bits per heavy atom. The minimum Gasteiger partial charge on any atom is -0.481 e. The number of carbonyl (C=O) groups excluding carboxylic acids is 1. The quantitative estimate of drug-likeness (QED) is 0.910. The lowest BCUT2D eigenvalue weighted by molar-refractivity contribution is -0.139. The lowest BCUT2D eigenvalue weighted by Gasteiger charge is -2.33. The van der Waals surface area contributed by atoms with E-state index in [1.165, 1.54) is 12.5 Å². The fraction of sp³-hybridized carbons (Fsp3) is 0.250. The summed E-state index contributed by atoms with van der Waals surface area (Å²) in [5.41, 5.74) is 2.64. The molecule has 112 valence electrons. The van der Waals surface area contributed by atoms with Crippen molar-refractivity contribution in [1.29, 1.82) is 0 Å². The van der Waals surface area contributed by atoms with Gasteiger partial charge in [-0.2, -0.15) is 0 Å². The molecular weight excluding hydrogens is 282 g/mol. The van der Waals surface area contributed by atoms with E-state index >= 15 is 0 Å². The first kappa shape index (κ1) is 14.2. The number of carboxylic acids is 1. The monoisotopic (exact) mass is 297 g/mol. The number of hydrogen-bond acceptors (Lipinski definition) is 4. The van der Waals surface area contributed by atoms with E-state index < -0.39 is 11.9 Å². The molecule has 1 aromatic heterocycles. The van der Waals surface area contributed by atoms with Crippen LogP contribution in [0.4, 0.5) is 0 Å². The third-order valence-electron chi connectivity index (χ3n) is 3.92. The van der Waals surface area contributed by atoms with Crippen molar-refractivity contribution >= 4 is 11.9 Å². The van der Waals surface area contributed by atoms with Crippen molar-refractivity contribution in [2.45, 2.75) is 19.4 Å². The second-order valence-electron chi connectivity index (χ2n) is 5.30. The van der Waals surface area contributed by atoms with Crippen LogP contribution in [0.1, 0.15) is 33.1 Å². The highest BCUT2D eigenvalue weighted by Crippen LogP contribution is 2.29. The van der Waals surface area contributed by atoms with Gasteiger partial charge in [-0.1, -0.05) is 24.3 Å². The van der Waals surface area contributed by atoms with E-state index in [2.05, 4.69) is 9.97 Å². The second-order valence-corrected chi connectivity index (χ2v) is 5.30. The number of aryl methyl sites for hydroxylation is 1. The summed E-state index contributed by atoms with van der Waals surface area (Å²) in [6.45, 7) is 2.29. The van der Waals surface area contributed by atoms with Crippen LogP contribution in [0.5, 0.6) is 0 Å². The van der Waals surface area contributed by atoms with Gasteiger partial charge in [0, 0.05) is 19.3 Å². The highest BCUT2D eigenvalue weighted by Gasteiger charge is 2.33. The first-order chi connectivity index (χ1) is 10.6. The number of benzene rings is 1. The van der Waals surface area contributed by atoms with E-state index in [0.29, 0.717) is 17.8 Å². The van der Waals surface area contributed by atoms with Gasteiger partial charge in [-0.25, -0.2) is 9.97 Å². The summed E-state index contributed by atoms with van der Waals surface area (Å²) < 4.78 is 0. The molecule has 0 fully saturated rings. The maximum atomic E-state index is 12.7. The van der Waals surface area contributed by atoms with Crippen LogP contribution in [0, 0.1) is 6.92 Å². The van der Waals surface area contributed by atoms with Crippen LogP contribution in [-0.2, 0) is 11.3 Å². The first-order valence-electron chi connectivity index (χ1n) is 6.94. The lowest BCUT2D eigenvalue weighted by Crippen LogP contribution is -2.40. The Hall–Kier alpha value is -2.76. The zero-order valence-corrected chi connectivity index (χ0v) is 12.1. The van der Waals surface area contributed by atoms with Crippen LogP contribution >= 0.6 is 0 Å². The highest BCUT2D eigenvalue weighted by molar-refractivity contribution is 5.95. The summed E-state index contributed by atoms with van der Waals surface area (Å²) in [4.78, 5) is 33.6. The standard InChI is InChI=1S/C16H15N3O3/c1-10-13(6-17-9-18-10)15(20)19-7-11-4-2-3-5-12(11)14(8-19)16(21)22/h2-6,9,14H,7-8H2,1H3,(H,21,22). The molecule has 1 unspecified atom stereocenters. The molecular formula is C16H15N3O3. The molecule has 2 aromatic rings. The molecule has 1 amide bonds. The molecule has 22 heavy (non-hydrogen) atoms. The van der Waals surface area contributed by atoms with Gasteiger partial charge in [0.15, 0.2) is 0 Å². The SMILES string of the molecule is Cc1ncncc1C(=O)N1Cc2ccccc2C(C(=O)O)C1. The number of fused-ring (bicyclic) bond motifs is 1. The number of aromatic nitrogens is 2. The first-order valence-corrected chi connectivity index (χ1v) is 6.94. The molecule has 0 spiro atoms. The smallest absolute Gasteiger partial charge is 0.312 e. The number of carboxylic acid groups (broad SMARTS) is 1. The van der Waals surface area contributed by atoms with Gasteiger partial charge in [-0.05, 0) is 18.1 Å². The van der Waals surface area contributed by atoms with Crippen LogP contribution in [0.15, 0.2) is 36.8 Å². The molecule has 1 N–H and O–H groups in total. The Kier molecular flexibility index (Phi) is 3.58. The van der Waals surface area contributed by atoms with E-state index in [4.69, 9.17) is 0 Å². The molecule has 1 atom stereocenters. The molecule has 1 aliphatic heterocycles. The number of amides is 1. The van der Waals surface area contributed by atoms with Gasteiger partial charge in [-0.3, -0.25) is 9.59 Å². The van der Waals surface area contributed by atoms with Crippen LogP contribution in [0.3, 0.4) is 0 Å². The topological polar surface area (TPSA) is 83.4 Å². The lowest BCUT2D eigenvalue weighted by atomic mass is 9.89. The van der Waals surface area contributed by atoms with Gasteiger partial charge in [0.1, 0.15) is 6.33 Å². The summed E-state index contributed by atoms with van der Waals surface area (Å²) >= 11 is 0. The van der Waals surface area contributed by atoms with E-state index in [1.54, 1.807) is 11.8 Å². The van der Waals surface area contributed by atoms with Gasteiger partial charge in [0.05, 0.1) is 17.2 Å². The predicted octanol–water partition coefficient (Wildman–Crippen LogP) is 1.61. The summed E-state index contributed by atoms with van der Waals surface area (Å²) in [5, 5.41) is 9.45. The largest absolute Gasteiger partial charge is 0.481 e. The van der Waals surface area contributed by atoms with Crippen LogP contribution in [0.2, 0.25) is 0 Å². The van der Waals surface area contributed by atoms with E-state index in [-0.39, 0.29) is 12.5 Å². The Labute approximate surface area is 127 Å². The molecule has 0 radical (unpaired) electrons. The number of aliphatic carboxylic acids is 1. The third kappa shape index (κ3) is 2.43. The summed E-state index contributed by atoms with van der Waals surface area (Å²) in [5.74, 6) is -1.87. The van der Waals surface area contributed by atoms with Crippen molar-refractivity contribution in [3.63, 3.8) is 0 Å². The third-order valence-corrected chi connectivity index (χ3v) is 3.92. The van der Waals surface area contributed by atoms with Crippen LogP contribution < -0.4 is 0 Å². The summed E-state index contributed by atoms with van der Waals surface area (Å²) in [6, 6.07) is 7.34. The number of hydrogen-bond donors (Lipinski definition) is 1. The molecule has 1 aliphatic rings. The Bertz CT molecular complexity index is 745. The fourth-order valence-corrected chi connectivity index (χ4v) is 2.74. The summed E-state index contributed by atoms with van der Waals surface area (Å²) in [6.07, 6.45) is 2.86. The maximum Gasteiger partial charge on any atom is 0.312 e. The predicted molar refractivity (Wildman–Crippen MR) is 78.3 cm³/mol. The van der Waals surface area contributed by atoms with Gasteiger partial charge in [0.25, 0.3) is 5.91 Å². The second kappa shape index (κ2) is 5.55. The molecule has 6 heteroatoms. The average Bonchev–Trinajstić information content (AvgIpc) is 2.53. The molecule has 3 rings (SSSR count). The molecule has 1 aromatic carbocycles. The molecule has 0 saturated carbocycles. The summed E-state index contributed by atoms with van der Waals surface area (Å²) in [7, 11) is 0. The molecule has 2 heterocycles. The Morgan fingerprint density at radius 1 is 1.32 bits per heavy atom. The number of nitrogens with zero attached hydrogens (tertiary/aromatic N) is 3. The Morgan fingerprint density at radius 2 is 2.09 bits per heavy atom. The van der Waals surface area contributed by atoms with Crippen LogP contribution in [-0.4, -0.2) is 38.4 Å². The van der Waals surface area contributed by atoms with E-state index in [9.17, 15) is 14.7 Å². The van der Waals surface area contributed by atoms with Crippen molar-refractivity contribution in [2.24, 2.45) is 0 Å². The fourth-order valence-electron chi connectivity index (χ4n) is 2.74. The van der Waals surface area contributed by atoms with Gasteiger partial charge in [-0.15, -0.1) is 0 Å². The highest BCUT2D eigenvalue weighted by atomic mass is 16.4. The number of rotatable bonds is 2. The minimum absolute atomic E-state index is 0.152. The average molecular weight is 297 g/mol. The minimum atomic E-state index is -0.925. The normalized spacial score (nSPS) is 17.0. The van der Waals surface area contributed by atoms with Crippen molar-refractivity contribution < 1.29 is 14.7 Å². The van der Waals surface area contributed by atoms with Crippen LogP contribution in [0.25, 0.3) is 0 Å². The van der Waals surface area contributed by atoms with Crippen molar-refractivity contribution in [3.05, 3.63) is 59.2 Å². The Balaban J connectivity index is 1.96. The zero-order valence-electron chi connectivity index (χ0n) is 12.1.